The minimum atomic E-state index is -0.496. The molecule has 4 heterocycles. The molecule has 168 valence electrons. The number of aliphatic hydroxyl groups excluding tert-OH is 1. The van der Waals surface area contributed by atoms with E-state index in [0.717, 1.165) is 22.4 Å². The summed E-state index contributed by atoms with van der Waals surface area (Å²) in [6, 6.07) is 17.0. The predicted molar refractivity (Wildman–Crippen MR) is 128 cm³/mol. The first-order valence-corrected chi connectivity index (χ1v) is 11.3. The third-order valence-corrected chi connectivity index (χ3v) is 6.28. The zero-order valence-electron chi connectivity index (χ0n) is 18.1. The molecule has 10 heteroatoms. The Balaban J connectivity index is 1.49. The van der Waals surface area contributed by atoms with Gasteiger partial charge in [-0.1, -0.05) is 23.9 Å². The summed E-state index contributed by atoms with van der Waals surface area (Å²) in [7, 11) is 0. The van der Waals surface area contributed by atoms with Crippen LogP contribution in [0.15, 0.2) is 82.5 Å². The molecule has 0 bridgehead atoms. The van der Waals surface area contributed by atoms with Crippen LogP contribution in [0, 0.1) is 11.3 Å². The molecular formula is C24H19N7O2S. The van der Waals surface area contributed by atoms with Crippen molar-refractivity contribution in [2.45, 2.75) is 23.9 Å². The lowest BCUT2D eigenvalue weighted by Crippen LogP contribution is -2.09. The summed E-state index contributed by atoms with van der Waals surface area (Å²) in [6.07, 6.45) is 5.02. The second-order valence-electron chi connectivity index (χ2n) is 7.45. The number of pyridine rings is 1. The lowest BCUT2D eigenvalue weighted by molar-refractivity contribution is 0.401. The van der Waals surface area contributed by atoms with Crippen LogP contribution in [0.1, 0.15) is 18.5 Å². The molecule has 0 aliphatic rings. The van der Waals surface area contributed by atoms with Crippen molar-refractivity contribution in [3.05, 3.63) is 84.5 Å². The fourth-order valence-electron chi connectivity index (χ4n) is 3.51. The number of fused-ring (bicyclic) bond motifs is 1. The van der Waals surface area contributed by atoms with Gasteiger partial charge in [0.05, 0.1) is 29.1 Å². The normalized spacial score (nSPS) is 12.9. The second-order valence-corrected chi connectivity index (χ2v) is 8.76. The van der Waals surface area contributed by atoms with Crippen LogP contribution in [0.2, 0.25) is 0 Å². The number of furan rings is 1. The van der Waals surface area contributed by atoms with Gasteiger partial charge in [0.15, 0.2) is 16.8 Å². The first-order valence-electron chi connectivity index (χ1n) is 10.4. The van der Waals surface area contributed by atoms with E-state index >= 15 is 0 Å². The fourth-order valence-corrected chi connectivity index (χ4v) is 4.42. The van der Waals surface area contributed by atoms with Crippen LogP contribution in [0.4, 0.5) is 0 Å². The van der Waals surface area contributed by atoms with Crippen molar-refractivity contribution < 1.29 is 9.52 Å². The van der Waals surface area contributed by atoms with Gasteiger partial charge < -0.3 is 14.5 Å². The molecule has 1 atom stereocenters. The van der Waals surface area contributed by atoms with E-state index in [-0.39, 0.29) is 11.3 Å². The molecule has 2 N–H and O–H groups in total. The summed E-state index contributed by atoms with van der Waals surface area (Å²) in [5.41, 5.74) is 2.40. The molecular weight excluding hydrogens is 450 g/mol. The largest absolute Gasteiger partial charge is 0.510 e. The number of hydrogen-bond donors (Lipinski definition) is 2. The zero-order chi connectivity index (χ0) is 23.5. The SMILES string of the molecule is CC(Sc1nnc(-c2cccnc2)n1Cc1ccco1)/C(O)=C(\C#N)c1nc2ccccc2[nH]1. The molecule has 1 unspecified atom stereocenters. The van der Waals surface area contributed by atoms with Crippen molar-refractivity contribution >= 4 is 28.4 Å². The molecule has 0 radical (unpaired) electrons. The van der Waals surface area contributed by atoms with Gasteiger partial charge in [0.2, 0.25) is 0 Å². The average molecular weight is 470 g/mol. The van der Waals surface area contributed by atoms with Crippen molar-refractivity contribution in [1.82, 2.24) is 29.7 Å². The third-order valence-electron chi connectivity index (χ3n) is 5.19. The Morgan fingerprint density at radius 2 is 2.09 bits per heavy atom. The van der Waals surface area contributed by atoms with E-state index < -0.39 is 5.25 Å². The highest BCUT2D eigenvalue weighted by atomic mass is 32.2. The van der Waals surface area contributed by atoms with Crippen LogP contribution >= 0.6 is 11.8 Å². The summed E-state index contributed by atoms with van der Waals surface area (Å²) in [4.78, 5) is 11.7. The van der Waals surface area contributed by atoms with Crippen LogP contribution < -0.4 is 0 Å². The molecule has 0 aliphatic carbocycles. The number of rotatable bonds is 7. The number of allylic oxidation sites excluding steroid dienone is 1. The van der Waals surface area contributed by atoms with E-state index in [1.54, 1.807) is 25.6 Å². The molecule has 0 saturated heterocycles. The maximum absolute atomic E-state index is 11.0. The number of H-pyrrole nitrogens is 1. The minimum Gasteiger partial charge on any atom is -0.510 e. The van der Waals surface area contributed by atoms with Gasteiger partial charge in [-0.3, -0.25) is 9.55 Å². The van der Waals surface area contributed by atoms with Crippen LogP contribution in [0.5, 0.6) is 0 Å². The Hall–Kier alpha value is -4.36. The number of thioether (sulfide) groups is 1. The summed E-state index contributed by atoms with van der Waals surface area (Å²) in [5, 5.41) is 29.5. The monoisotopic (exact) mass is 469 g/mol. The van der Waals surface area contributed by atoms with E-state index in [1.807, 2.05) is 53.1 Å². The number of nitrogens with zero attached hydrogens (tertiary/aromatic N) is 6. The quantitative estimate of drug-likeness (QED) is 0.197. The van der Waals surface area contributed by atoms with E-state index in [0.29, 0.717) is 23.4 Å². The van der Waals surface area contributed by atoms with Gasteiger partial charge in [0.1, 0.15) is 23.2 Å². The smallest absolute Gasteiger partial charge is 0.192 e. The molecule has 0 amide bonds. The number of aromatic nitrogens is 6. The van der Waals surface area contributed by atoms with Crippen molar-refractivity contribution in [2.75, 3.05) is 0 Å². The molecule has 1 aromatic carbocycles. The summed E-state index contributed by atoms with van der Waals surface area (Å²) < 4.78 is 7.43. The van der Waals surface area contributed by atoms with Gasteiger partial charge in [0.25, 0.3) is 0 Å². The van der Waals surface area contributed by atoms with E-state index in [4.69, 9.17) is 4.42 Å². The van der Waals surface area contributed by atoms with Gasteiger partial charge in [-0.25, -0.2) is 4.98 Å². The topological polar surface area (TPSA) is 129 Å². The average Bonchev–Trinajstić information content (AvgIpc) is 3.61. The number of nitrogens with one attached hydrogen (secondary N) is 1. The van der Waals surface area contributed by atoms with E-state index in [2.05, 4.69) is 31.2 Å². The number of benzene rings is 1. The van der Waals surface area contributed by atoms with Gasteiger partial charge >= 0.3 is 0 Å². The van der Waals surface area contributed by atoms with Gasteiger partial charge in [0, 0.05) is 18.0 Å². The van der Waals surface area contributed by atoms with Crippen LogP contribution in [-0.4, -0.2) is 40.1 Å². The molecule has 9 nitrogen and oxygen atoms in total. The van der Waals surface area contributed by atoms with Crippen LogP contribution in [0.3, 0.4) is 0 Å². The molecule has 0 saturated carbocycles. The highest BCUT2D eigenvalue weighted by Crippen LogP contribution is 2.32. The standard InChI is InChI=1S/C24H19N7O2S/c1-15(21(32)18(12-25)22-27-19-8-2-3-9-20(19)28-22)34-24-30-29-23(16-6-4-10-26-13-16)31(24)14-17-7-5-11-33-17/h2-11,13,15,32H,14H2,1H3,(H,27,28)/b21-18-. The van der Waals surface area contributed by atoms with Crippen LogP contribution in [0.25, 0.3) is 28.0 Å². The number of imidazole rings is 1. The molecule has 0 aliphatic heterocycles. The summed E-state index contributed by atoms with van der Waals surface area (Å²) >= 11 is 1.29. The Labute approximate surface area is 198 Å². The fraction of sp³-hybridized carbons (Fsp3) is 0.125. The van der Waals surface area contributed by atoms with E-state index in [1.165, 1.54) is 11.8 Å². The van der Waals surface area contributed by atoms with Crippen LogP contribution in [-0.2, 0) is 6.54 Å². The first-order chi connectivity index (χ1) is 16.6. The summed E-state index contributed by atoms with van der Waals surface area (Å²) in [5.74, 6) is 1.59. The van der Waals surface area contributed by atoms with Crippen molar-refractivity contribution in [3.63, 3.8) is 0 Å². The van der Waals surface area contributed by atoms with Gasteiger partial charge in [-0.05, 0) is 43.3 Å². The van der Waals surface area contributed by atoms with Crippen molar-refractivity contribution in [1.29, 1.82) is 5.26 Å². The molecule has 4 aromatic heterocycles. The predicted octanol–water partition coefficient (Wildman–Crippen LogP) is 4.83. The number of para-hydroxylation sites is 2. The maximum atomic E-state index is 11.0. The Morgan fingerprint density at radius 1 is 1.21 bits per heavy atom. The molecule has 0 fully saturated rings. The number of aliphatic hydroxyl groups is 1. The Kier molecular flexibility index (Phi) is 5.84. The van der Waals surface area contributed by atoms with Crippen molar-refractivity contribution in [3.8, 4) is 17.5 Å². The van der Waals surface area contributed by atoms with E-state index in [9.17, 15) is 10.4 Å². The second kappa shape index (κ2) is 9.25. The highest BCUT2D eigenvalue weighted by Gasteiger charge is 2.23. The van der Waals surface area contributed by atoms with Gasteiger partial charge in [-0.2, -0.15) is 5.26 Å². The molecule has 5 aromatic rings. The Morgan fingerprint density at radius 3 is 2.82 bits per heavy atom. The Bertz CT molecular complexity index is 1460. The minimum absolute atomic E-state index is 0.0841. The number of nitriles is 1. The summed E-state index contributed by atoms with van der Waals surface area (Å²) in [6.45, 7) is 2.20. The lowest BCUT2D eigenvalue weighted by Gasteiger charge is -2.13. The van der Waals surface area contributed by atoms with Gasteiger partial charge in [-0.15, -0.1) is 10.2 Å². The lowest BCUT2D eigenvalue weighted by atomic mass is 10.2. The highest BCUT2D eigenvalue weighted by molar-refractivity contribution is 7.99. The first kappa shape index (κ1) is 21.5. The third kappa shape index (κ3) is 4.16. The molecule has 0 spiro atoms. The molecule has 34 heavy (non-hydrogen) atoms. The maximum Gasteiger partial charge on any atom is 0.192 e. The number of hydrogen-bond acceptors (Lipinski definition) is 8. The number of aromatic amines is 1. The zero-order valence-corrected chi connectivity index (χ0v) is 18.9. The molecule has 5 rings (SSSR count). The van der Waals surface area contributed by atoms with Crippen molar-refractivity contribution in [2.24, 2.45) is 0 Å².